The van der Waals surface area contributed by atoms with Crippen molar-refractivity contribution >= 4 is 21.9 Å². The van der Waals surface area contributed by atoms with Crippen molar-refractivity contribution < 1.29 is 27.9 Å². The van der Waals surface area contributed by atoms with Gasteiger partial charge in [-0.25, -0.2) is 13.2 Å². The van der Waals surface area contributed by atoms with Crippen LogP contribution in [-0.2, 0) is 27.8 Å². The first kappa shape index (κ1) is 26.4. The van der Waals surface area contributed by atoms with Crippen LogP contribution in [0.5, 0.6) is 5.75 Å². The Morgan fingerprint density at radius 3 is 2.27 bits per heavy atom. The molecule has 0 aliphatic carbocycles. The van der Waals surface area contributed by atoms with Gasteiger partial charge in [0.15, 0.2) is 0 Å². The first-order valence-electron chi connectivity index (χ1n) is 12.1. The minimum Gasteiger partial charge on any atom is -0.497 e. The molecular formula is C28H30N2O6S. The van der Waals surface area contributed by atoms with E-state index in [1.165, 1.54) is 35.7 Å². The lowest BCUT2D eigenvalue weighted by atomic mass is 10.0. The summed E-state index contributed by atoms with van der Waals surface area (Å²) >= 11 is 0. The van der Waals surface area contributed by atoms with E-state index in [1.807, 2.05) is 30.3 Å². The number of hydrogen-bond acceptors (Lipinski definition) is 5. The standard InChI is InChI=1S/C28H30N2O6S/c1-36-25-13-15-26(16-14-25)37(34,35)30(19-22-9-11-23(12-10-22)28(32)33)24-8-5-17-29(20-24)27(31)18-21-6-3-2-4-7-21/h2-4,6-7,9-16,24H,5,8,17-20H2,1H3,(H,32,33). The lowest BCUT2D eigenvalue weighted by Gasteiger charge is -2.39. The van der Waals surface area contributed by atoms with Gasteiger partial charge in [0.2, 0.25) is 15.9 Å². The Balaban J connectivity index is 1.61. The number of benzene rings is 3. The number of sulfonamides is 1. The van der Waals surface area contributed by atoms with Crippen LogP contribution >= 0.6 is 0 Å². The average Bonchev–Trinajstić information content (AvgIpc) is 2.92. The molecule has 9 heteroatoms. The van der Waals surface area contributed by atoms with Crippen LogP contribution in [0, 0.1) is 0 Å². The fourth-order valence-corrected chi connectivity index (χ4v) is 6.16. The molecule has 4 rings (SSSR count). The highest BCUT2D eigenvalue weighted by Crippen LogP contribution is 2.27. The van der Waals surface area contributed by atoms with E-state index in [1.54, 1.807) is 29.2 Å². The van der Waals surface area contributed by atoms with Crippen LogP contribution in [0.2, 0.25) is 0 Å². The van der Waals surface area contributed by atoms with Gasteiger partial charge in [0.25, 0.3) is 0 Å². The van der Waals surface area contributed by atoms with Crippen molar-refractivity contribution in [3.05, 3.63) is 95.6 Å². The number of carbonyl (C=O) groups excluding carboxylic acids is 1. The van der Waals surface area contributed by atoms with E-state index >= 15 is 0 Å². The molecule has 0 aromatic heterocycles. The molecule has 0 spiro atoms. The maximum Gasteiger partial charge on any atom is 0.335 e. The molecule has 37 heavy (non-hydrogen) atoms. The third-order valence-corrected chi connectivity index (χ3v) is 8.47. The molecule has 0 bridgehead atoms. The quantitative estimate of drug-likeness (QED) is 0.458. The SMILES string of the molecule is COc1ccc(S(=O)(=O)N(Cc2ccc(C(=O)O)cc2)C2CCCN(C(=O)Cc3ccccc3)C2)cc1. The topological polar surface area (TPSA) is 104 Å². The molecule has 1 heterocycles. The second kappa shape index (κ2) is 11.6. The van der Waals surface area contributed by atoms with Crippen LogP contribution < -0.4 is 4.74 Å². The molecule has 1 unspecified atom stereocenters. The van der Waals surface area contributed by atoms with Crippen molar-refractivity contribution in [3.63, 3.8) is 0 Å². The number of carboxylic acids is 1. The van der Waals surface area contributed by atoms with Crippen LogP contribution in [0.15, 0.2) is 83.8 Å². The summed E-state index contributed by atoms with van der Waals surface area (Å²) in [5.41, 5.74) is 1.70. The van der Waals surface area contributed by atoms with Gasteiger partial charge in [0.1, 0.15) is 5.75 Å². The van der Waals surface area contributed by atoms with Gasteiger partial charge in [-0.15, -0.1) is 0 Å². The predicted octanol–water partition coefficient (Wildman–Crippen LogP) is 3.82. The number of amides is 1. The van der Waals surface area contributed by atoms with Crippen LogP contribution in [0.4, 0.5) is 0 Å². The van der Waals surface area contributed by atoms with Crippen molar-refractivity contribution in [3.8, 4) is 5.75 Å². The number of likely N-dealkylation sites (tertiary alicyclic amines) is 1. The molecule has 1 fully saturated rings. The van der Waals surface area contributed by atoms with Gasteiger partial charge in [-0.3, -0.25) is 4.79 Å². The number of hydrogen-bond donors (Lipinski definition) is 1. The van der Waals surface area contributed by atoms with Crippen LogP contribution in [0.25, 0.3) is 0 Å². The number of carboxylic acid groups (broad SMARTS) is 1. The molecule has 3 aromatic carbocycles. The fraction of sp³-hybridized carbons (Fsp3) is 0.286. The van der Waals surface area contributed by atoms with Crippen LogP contribution in [0.3, 0.4) is 0 Å². The smallest absolute Gasteiger partial charge is 0.335 e. The van der Waals surface area contributed by atoms with Gasteiger partial charge in [-0.2, -0.15) is 4.31 Å². The highest BCUT2D eigenvalue weighted by atomic mass is 32.2. The number of methoxy groups -OCH3 is 1. The second-order valence-electron chi connectivity index (χ2n) is 9.03. The van der Waals surface area contributed by atoms with Crippen LogP contribution in [-0.4, -0.2) is 60.8 Å². The summed E-state index contributed by atoms with van der Waals surface area (Å²) in [7, 11) is -2.42. The first-order chi connectivity index (χ1) is 17.8. The summed E-state index contributed by atoms with van der Waals surface area (Å²) in [4.78, 5) is 26.2. The third-order valence-electron chi connectivity index (χ3n) is 6.56. The van der Waals surface area contributed by atoms with E-state index in [-0.39, 0.29) is 35.9 Å². The van der Waals surface area contributed by atoms with Gasteiger partial charge in [0.05, 0.1) is 24.0 Å². The second-order valence-corrected chi connectivity index (χ2v) is 10.9. The minimum absolute atomic E-state index is 0.0384. The average molecular weight is 523 g/mol. The third kappa shape index (κ3) is 6.36. The number of rotatable bonds is 9. The van der Waals surface area contributed by atoms with Crippen molar-refractivity contribution in [1.82, 2.24) is 9.21 Å². The number of ether oxygens (including phenoxy) is 1. The molecule has 1 amide bonds. The number of aromatic carboxylic acids is 1. The Bertz CT molecular complexity index is 1330. The summed E-state index contributed by atoms with van der Waals surface area (Å²) in [5, 5.41) is 9.22. The highest BCUT2D eigenvalue weighted by Gasteiger charge is 2.35. The fourth-order valence-electron chi connectivity index (χ4n) is 4.52. The van der Waals surface area contributed by atoms with E-state index in [4.69, 9.17) is 4.74 Å². The Kier molecular flexibility index (Phi) is 8.25. The Morgan fingerprint density at radius 2 is 1.65 bits per heavy atom. The first-order valence-corrected chi connectivity index (χ1v) is 13.5. The van der Waals surface area contributed by atoms with E-state index in [0.29, 0.717) is 30.7 Å². The zero-order chi connectivity index (χ0) is 26.4. The molecule has 1 saturated heterocycles. The largest absolute Gasteiger partial charge is 0.497 e. The Morgan fingerprint density at radius 1 is 0.973 bits per heavy atom. The van der Waals surface area contributed by atoms with E-state index in [2.05, 4.69) is 0 Å². The lowest BCUT2D eigenvalue weighted by molar-refractivity contribution is -0.132. The number of nitrogens with zero attached hydrogens (tertiary/aromatic N) is 2. The molecule has 1 aliphatic heterocycles. The zero-order valence-corrected chi connectivity index (χ0v) is 21.4. The number of carbonyl (C=O) groups is 2. The molecule has 194 valence electrons. The van der Waals surface area contributed by atoms with E-state index in [9.17, 15) is 23.1 Å². The molecule has 0 radical (unpaired) electrons. The summed E-state index contributed by atoms with van der Waals surface area (Å²) in [6.45, 7) is 0.916. The van der Waals surface area contributed by atoms with Crippen molar-refractivity contribution in [2.45, 2.75) is 36.7 Å². The predicted molar refractivity (Wildman–Crippen MR) is 139 cm³/mol. The molecule has 1 N–H and O–H groups in total. The molecule has 3 aromatic rings. The number of piperidine rings is 1. The molecule has 1 atom stereocenters. The van der Waals surface area contributed by atoms with Crippen molar-refractivity contribution in [2.24, 2.45) is 0 Å². The summed E-state index contributed by atoms with van der Waals surface area (Å²) in [6.07, 6.45) is 1.55. The Hall–Kier alpha value is -3.69. The van der Waals surface area contributed by atoms with Gasteiger partial charge in [-0.1, -0.05) is 42.5 Å². The summed E-state index contributed by atoms with van der Waals surface area (Å²) < 4.78 is 34.3. The molecular weight excluding hydrogens is 492 g/mol. The zero-order valence-electron chi connectivity index (χ0n) is 20.6. The Labute approximate surface area is 217 Å². The van der Waals surface area contributed by atoms with Crippen LogP contribution in [0.1, 0.15) is 34.3 Å². The highest BCUT2D eigenvalue weighted by molar-refractivity contribution is 7.89. The molecule has 1 aliphatic rings. The maximum atomic E-state index is 13.9. The normalized spacial score (nSPS) is 15.9. The van der Waals surface area contributed by atoms with Crippen molar-refractivity contribution in [2.75, 3.05) is 20.2 Å². The van der Waals surface area contributed by atoms with Crippen molar-refractivity contribution in [1.29, 1.82) is 0 Å². The molecule has 8 nitrogen and oxygen atoms in total. The van der Waals surface area contributed by atoms with E-state index in [0.717, 1.165) is 5.56 Å². The van der Waals surface area contributed by atoms with E-state index < -0.39 is 22.0 Å². The molecule has 0 saturated carbocycles. The minimum atomic E-state index is -3.93. The lowest BCUT2D eigenvalue weighted by Crippen LogP contribution is -2.51. The maximum absolute atomic E-state index is 13.9. The monoisotopic (exact) mass is 522 g/mol. The van der Waals surface area contributed by atoms with Gasteiger partial charge < -0.3 is 14.7 Å². The van der Waals surface area contributed by atoms with Gasteiger partial charge >= 0.3 is 5.97 Å². The summed E-state index contributed by atoms with van der Waals surface area (Å²) in [5.74, 6) is -0.539. The summed E-state index contributed by atoms with van der Waals surface area (Å²) in [6, 6.07) is 21.5. The van der Waals surface area contributed by atoms with Gasteiger partial charge in [-0.05, 0) is 60.4 Å². The van der Waals surface area contributed by atoms with Gasteiger partial charge in [0, 0.05) is 25.7 Å².